The molecule has 69 heavy (non-hydrogen) atoms. The lowest BCUT2D eigenvalue weighted by Gasteiger charge is -2.31. The van der Waals surface area contributed by atoms with Crippen LogP contribution in [0.4, 0.5) is 0 Å². The summed E-state index contributed by atoms with van der Waals surface area (Å²) in [5.41, 5.74) is 24.1. The Bertz CT molecular complexity index is 2050. The normalized spacial score (nSPS) is 24.3. The fourth-order valence-corrected chi connectivity index (χ4v) is 9.71. The fourth-order valence-electron chi connectivity index (χ4n) is 7.44. The van der Waals surface area contributed by atoms with Gasteiger partial charge in [-0.2, -0.15) is 0 Å². The van der Waals surface area contributed by atoms with E-state index in [2.05, 4.69) is 37.2 Å². The number of hydrogen-bond acceptors (Lipinski definition) is 14. The van der Waals surface area contributed by atoms with Crippen LogP contribution < -0.4 is 60.2 Å². The van der Waals surface area contributed by atoms with Gasteiger partial charge in [0, 0.05) is 30.9 Å². The maximum Gasteiger partial charge on any atom is 0.246 e. The van der Waals surface area contributed by atoms with Gasteiger partial charge < -0.3 is 65.1 Å². The van der Waals surface area contributed by atoms with E-state index >= 15 is 0 Å². The van der Waals surface area contributed by atoms with Crippen molar-refractivity contribution in [2.45, 2.75) is 134 Å². The van der Waals surface area contributed by atoms with Crippen molar-refractivity contribution in [1.82, 2.24) is 42.1 Å². The van der Waals surface area contributed by atoms with E-state index in [-0.39, 0.29) is 49.7 Å². The zero-order valence-corrected chi connectivity index (χ0v) is 41.3. The molecule has 0 bridgehead atoms. The van der Waals surface area contributed by atoms with Gasteiger partial charge in [-0.05, 0) is 50.0 Å². The largest absolute Gasteiger partial charge is 0.370 e. The third kappa shape index (κ3) is 18.8. The third-order valence-corrected chi connectivity index (χ3v) is 13.9. The number of aryl methyl sites for hydroxylation is 1. The van der Waals surface area contributed by atoms with Crippen LogP contribution in [0.3, 0.4) is 0 Å². The van der Waals surface area contributed by atoms with Crippen molar-refractivity contribution >= 4 is 86.6 Å². The Kier molecular flexibility index (Phi) is 23.2. The van der Waals surface area contributed by atoms with Gasteiger partial charge in [-0.15, -0.1) is 0 Å². The minimum Gasteiger partial charge on any atom is -0.370 e. The number of hydrogen-bond donors (Lipinski definition) is 11. The Labute approximate surface area is 409 Å². The number of likely N-dealkylation sites (tertiary alicyclic amines) is 1. The molecule has 0 aromatic heterocycles. The summed E-state index contributed by atoms with van der Waals surface area (Å²) in [5, 5.41) is 18.0. The molecular weight excluding hydrogens is 937 g/mol. The molecule has 2 aliphatic heterocycles. The summed E-state index contributed by atoms with van der Waals surface area (Å²) < 4.78 is 0. The first kappa shape index (κ1) is 57.4. The smallest absolute Gasteiger partial charge is 0.246 e. The second-order valence-electron chi connectivity index (χ2n) is 17.7. The zero-order valence-electron chi connectivity index (χ0n) is 39.6. The molecule has 2 saturated heterocycles. The van der Waals surface area contributed by atoms with E-state index in [9.17, 15) is 52.7 Å². The summed E-state index contributed by atoms with van der Waals surface area (Å²) in [4.78, 5) is 148. The number of rotatable bonds is 17. The molecule has 25 heteroatoms. The van der Waals surface area contributed by atoms with Crippen molar-refractivity contribution in [3.8, 4) is 0 Å². The van der Waals surface area contributed by atoms with Gasteiger partial charge in [-0.3, -0.25) is 52.7 Å². The quantitative estimate of drug-likeness (QED) is 0.0694. The first-order valence-electron chi connectivity index (χ1n) is 22.8. The number of carbonyl (C=O) groups is 11. The average Bonchev–Trinajstić information content (AvgIpc) is 3.78. The maximum absolute atomic E-state index is 14.5. The van der Waals surface area contributed by atoms with Crippen molar-refractivity contribution in [3.63, 3.8) is 0 Å². The highest BCUT2D eigenvalue weighted by atomic mass is 33.1. The van der Waals surface area contributed by atoms with Gasteiger partial charge in [0.2, 0.25) is 65.0 Å². The Balaban J connectivity index is 2.05. The van der Waals surface area contributed by atoms with E-state index in [0.717, 1.165) is 27.2 Å². The number of benzene rings is 1. The lowest BCUT2D eigenvalue weighted by atomic mass is 9.96. The first-order chi connectivity index (χ1) is 32.5. The molecule has 2 heterocycles. The molecule has 1 unspecified atom stereocenters. The fraction of sp³-hybridized carbons (Fsp3) is 0.614. The molecule has 0 aliphatic carbocycles. The van der Waals surface area contributed by atoms with Gasteiger partial charge in [0.05, 0.1) is 19.0 Å². The van der Waals surface area contributed by atoms with Crippen LogP contribution in [0.25, 0.3) is 0 Å². The van der Waals surface area contributed by atoms with E-state index in [1.807, 2.05) is 32.9 Å². The van der Waals surface area contributed by atoms with Crippen LogP contribution in [0.15, 0.2) is 24.3 Å². The van der Waals surface area contributed by atoms with Crippen LogP contribution in [0.2, 0.25) is 0 Å². The predicted octanol–water partition coefficient (Wildman–Crippen LogP) is -3.01. The van der Waals surface area contributed by atoms with Crippen LogP contribution >= 0.6 is 21.6 Å². The molecule has 11 amide bonds. The molecule has 0 spiro atoms. The SMILES string of the molecule is CC[C@H](C)C1NC(=O)[C@H](Cc2ccc(C)cc2)NC(=O)[C@@H](N)CSSC[C@@H](C(=O)N2CCC[C@H]2C(=O)N[C@@H](CC(C)C)C(=O)NCC(N)=O)NC(=O)[C@H](CC(N)=O)NC(=O)[C@H](CCC(N)=O)NC1=O. The van der Waals surface area contributed by atoms with Crippen LogP contribution in [-0.2, 0) is 59.2 Å². The molecule has 1 aromatic carbocycles. The summed E-state index contributed by atoms with van der Waals surface area (Å²) in [5.74, 6) is -10.00. The molecule has 2 fully saturated rings. The van der Waals surface area contributed by atoms with Crippen LogP contribution in [0.1, 0.15) is 83.8 Å². The maximum atomic E-state index is 14.5. The Morgan fingerprint density at radius 1 is 0.768 bits per heavy atom. The van der Waals surface area contributed by atoms with Crippen molar-refractivity contribution in [2.24, 2.45) is 34.8 Å². The lowest BCUT2D eigenvalue weighted by Crippen LogP contribution is -2.61. The standard InChI is InChI=1S/C44H68N12O11S2/c1-6-24(5)36-43(66)50-27(13-14-33(46)57)39(62)52-30(18-34(47)58)40(63)54-31(21-69-68-20-26(45)37(60)51-29(41(64)55-36)17-25-11-9-23(4)10-12-25)44(67)56-15-7-8-32(56)42(65)53-28(16-22(2)3)38(61)49-19-35(48)59/h9-12,22,24,26-32,36H,6-8,13-21,45H2,1-5H3,(H2,46,57)(H2,47,58)(H2,48,59)(H,49,61)(H,50,66)(H,51,60)(H,52,62)(H,53,65)(H,54,63)(H,55,64)/t24-,26-,27-,28-,29-,30-,31-,32-,36?/m0/s1. The van der Waals surface area contributed by atoms with Crippen LogP contribution in [0.5, 0.6) is 0 Å². The molecule has 0 saturated carbocycles. The first-order valence-corrected chi connectivity index (χ1v) is 25.3. The molecular formula is C44H68N12O11S2. The number of primary amides is 3. The molecule has 0 radical (unpaired) electrons. The van der Waals surface area contributed by atoms with Crippen LogP contribution in [-0.4, -0.2) is 143 Å². The van der Waals surface area contributed by atoms with Crippen molar-refractivity contribution < 1.29 is 52.7 Å². The monoisotopic (exact) mass is 1000 g/mol. The summed E-state index contributed by atoms with van der Waals surface area (Å²) in [6.45, 7) is 8.57. The summed E-state index contributed by atoms with van der Waals surface area (Å²) in [6.07, 6.45) is -0.472. The highest BCUT2D eigenvalue weighted by Crippen LogP contribution is 2.26. The van der Waals surface area contributed by atoms with E-state index in [4.69, 9.17) is 22.9 Å². The van der Waals surface area contributed by atoms with E-state index in [0.29, 0.717) is 18.4 Å². The zero-order chi connectivity index (χ0) is 51.5. The minimum atomic E-state index is -1.74. The number of nitrogens with zero attached hydrogens (tertiary/aromatic N) is 1. The van der Waals surface area contributed by atoms with Crippen molar-refractivity contribution in [2.75, 3.05) is 24.6 Å². The third-order valence-electron chi connectivity index (χ3n) is 11.5. The van der Waals surface area contributed by atoms with Crippen LogP contribution in [0, 0.1) is 18.8 Å². The van der Waals surface area contributed by atoms with Gasteiger partial charge in [0.1, 0.15) is 42.3 Å². The minimum absolute atomic E-state index is 0.00604. The highest BCUT2D eigenvalue weighted by molar-refractivity contribution is 8.76. The van der Waals surface area contributed by atoms with Gasteiger partial charge in [0.25, 0.3) is 0 Å². The number of amides is 11. The molecule has 2 aliphatic rings. The second kappa shape index (κ2) is 27.9. The van der Waals surface area contributed by atoms with Crippen molar-refractivity contribution in [3.05, 3.63) is 35.4 Å². The molecule has 15 N–H and O–H groups in total. The molecule has 382 valence electrons. The van der Waals surface area contributed by atoms with Gasteiger partial charge in [-0.25, -0.2) is 0 Å². The Morgan fingerprint density at radius 3 is 1.99 bits per heavy atom. The Morgan fingerprint density at radius 2 is 1.38 bits per heavy atom. The predicted molar refractivity (Wildman–Crippen MR) is 257 cm³/mol. The van der Waals surface area contributed by atoms with Crippen molar-refractivity contribution in [1.29, 1.82) is 0 Å². The molecule has 3 rings (SSSR count). The number of carbonyl (C=O) groups excluding carboxylic acids is 11. The second-order valence-corrected chi connectivity index (χ2v) is 20.3. The molecule has 23 nitrogen and oxygen atoms in total. The number of nitrogens with one attached hydrogen (secondary N) is 7. The summed E-state index contributed by atoms with van der Waals surface area (Å²) in [7, 11) is 2.10. The van der Waals surface area contributed by atoms with E-state index in [1.54, 1.807) is 26.0 Å². The molecule has 1 aromatic rings. The topological polar surface area (TPSA) is 379 Å². The van der Waals surface area contributed by atoms with Gasteiger partial charge in [0.15, 0.2) is 0 Å². The summed E-state index contributed by atoms with van der Waals surface area (Å²) in [6, 6.07) is -3.42. The van der Waals surface area contributed by atoms with E-state index < -0.39 is 139 Å². The molecule has 9 atom stereocenters. The number of nitrogens with two attached hydrogens (primary N) is 4. The Hall–Kier alpha value is -5.95. The average molecular weight is 1010 g/mol. The van der Waals surface area contributed by atoms with E-state index in [1.165, 1.54) is 4.90 Å². The van der Waals surface area contributed by atoms with Gasteiger partial charge >= 0.3 is 0 Å². The summed E-state index contributed by atoms with van der Waals surface area (Å²) >= 11 is 0. The lowest BCUT2D eigenvalue weighted by molar-refractivity contribution is -0.142. The highest BCUT2D eigenvalue weighted by Gasteiger charge is 2.41. The van der Waals surface area contributed by atoms with Gasteiger partial charge in [-0.1, -0.05) is 85.5 Å².